The van der Waals surface area contributed by atoms with Crippen LogP contribution in [0.25, 0.3) is 11.4 Å². The molecule has 1 amide bonds. The number of halogens is 1. The van der Waals surface area contributed by atoms with E-state index >= 15 is 0 Å². The standard InChI is InChI=1S/C25H29FN4O2S/c1-18-5-2-3-6-21(18)17-33-14-12-27-25(31)20-7-4-13-30(15-20)16-23-28-24(29-32-23)19-8-10-22(26)11-9-19/h2-3,5-6,8-11,20H,4,7,12-17H2,1H3,(H,27,31). The molecule has 2 heterocycles. The number of hydrogen-bond donors (Lipinski definition) is 1. The molecule has 0 aliphatic carbocycles. The molecule has 0 bridgehead atoms. The second kappa shape index (κ2) is 11.4. The Bertz CT molecular complexity index is 1060. The topological polar surface area (TPSA) is 71.3 Å². The number of aromatic nitrogens is 2. The van der Waals surface area contributed by atoms with Crippen molar-refractivity contribution < 1.29 is 13.7 Å². The number of piperidine rings is 1. The Morgan fingerprint density at radius 1 is 1.24 bits per heavy atom. The van der Waals surface area contributed by atoms with E-state index in [0.717, 1.165) is 30.9 Å². The van der Waals surface area contributed by atoms with E-state index in [-0.39, 0.29) is 17.6 Å². The minimum atomic E-state index is -0.301. The molecule has 1 aliphatic heterocycles. The maximum atomic E-state index is 13.1. The maximum absolute atomic E-state index is 13.1. The summed E-state index contributed by atoms with van der Waals surface area (Å²) < 4.78 is 18.5. The molecule has 1 fully saturated rings. The summed E-state index contributed by atoms with van der Waals surface area (Å²) in [6.07, 6.45) is 1.85. The summed E-state index contributed by atoms with van der Waals surface area (Å²) in [7, 11) is 0. The van der Waals surface area contributed by atoms with Crippen molar-refractivity contribution in [1.82, 2.24) is 20.4 Å². The third kappa shape index (κ3) is 6.65. The Labute approximate surface area is 197 Å². The van der Waals surface area contributed by atoms with E-state index in [1.54, 1.807) is 12.1 Å². The molecule has 0 radical (unpaired) electrons. The number of benzene rings is 2. The summed E-state index contributed by atoms with van der Waals surface area (Å²) in [5.74, 6) is 2.59. The van der Waals surface area contributed by atoms with Gasteiger partial charge in [-0.15, -0.1) is 0 Å². The number of carbonyl (C=O) groups is 1. The summed E-state index contributed by atoms with van der Waals surface area (Å²) in [5, 5.41) is 7.10. The lowest BCUT2D eigenvalue weighted by Crippen LogP contribution is -2.43. The number of amides is 1. The summed E-state index contributed by atoms with van der Waals surface area (Å²) in [4.78, 5) is 19.3. The summed E-state index contributed by atoms with van der Waals surface area (Å²) in [6.45, 7) is 4.88. The smallest absolute Gasteiger partial charge is 0.241 e. The van der Waals surface area contributed by atoms with Gasteiger partial charge in [-0.2, -0.15) is 16.7 Å². The molecule has 2 aromatic carbocycles. The van der Waals surface area contributed by atoms with Gasteiger partial charge in [0.25, 0.3) is 0 Å². The summed E-state index contributed by atoms with van der Waals surface area (Å²) >= 11 is 1.84. The third-order valence-electron chi connectivity index (χ3n) is 5.87. The Balaban J connectivity index is 1.20. The summed E-state index contributed by atoms with van der Waals surface area (Å²) in [6, 6.07) is 14.4. The highest BCUT2D eigenvalue weighted by atomic mass is 32.2. The lowest BCUT2D eigenvalue weighted by molar-refractivity contribution is -0.126. The van der Waals surface area contributed by atoms with Crippen molar-refractivity contribution in [3.8, 4) is 11.4 Å². The molecule has 1 aromatic heterocycles. The summed E-state index contributed by atoms with van der Waals surface area (Å²) in [5.41, 5.74) is 3.37. The SMILES string of the molecule is Cc1ccccc1CSCCNC(=O)C1CCCN(Cc2nc(-c3ccc(F)cc3)no2)C1. The second-order valence-electron chi connectivity index (χ2n) is 8.36. The van der Waals surface area contributed by atoms with E-state index in [0.29, 0.717) is 36.9 Å². The van der Waals surface area contributed by atoms with Crippen molar-refractivity contribution in [2.24, 2.45) is 5.92 Å². The fourth-order valence-corrected chi connectivity index (χ4v) is 4.92. The molecule has 0 saturated carbocycles. The molecule has 33 heavy (non-hydrogen) atoms. The number of nitrogens with zero attached hydrogens (tertiary/aromatic N) is 3. The predicted octanol–water partition coefficient (Wildman–Crippen LogP) is 4.45. The van der Waals surface area contributed by atoms with Crippen LogP contribution in [0.2, 0.25) is 0 Å². The Morgan fingerprint density at radius 2 is 2.06 bits per heavy atom. The molecule has 1 N–H and O–H groups in total. The van der Waals surface area contributed by atoms with Crippen LogP contribution in [0.3, 0.4) is 0 Å². The van der Waals surface area contributed by atoms with Crippen LogP contribution in [0.4, 0.5) is 4.39 Å². The number of aryl methyl sites for hydroxylation is 1. The number of rotatable bonds is 9. The first kappa shape index (κ1) is 23.4. The molecule has 4 rings (SSSR count). The zero-order valence-corrected chi connectivity index (χ0v) is 19.6. The first-order chi connectivity index (χ1) is 16.1. The number of thioether (sulfide) groups is 1. The van der Waals surface area contributed by atoms with E-state index in [1.807, 2.05) is 11.8 Å². The van der Waals surface area contributed by atoms with Gasteiger partial charge in [-0.25, -0.2) is 4.39 Å². The van der Waals surface area contributed by atoms with Crippen LogP contribution in [0.5, 0.6) is 0 Å². The van der Waals surface area contributed by atoms with Crippen molar-refractivity contribution in [1.29, 1.82) is 0 Å². The van der Waals surface area contributed by atoms with Gasteiger partial charge in [-0.3, -0.25) is 9.69 Å². The van der Waals surface area contributed by atoms with Gasteiger partial charge in [0, 0.05) is 30.2 Å². The van der Waals surface area contributed by atoms with Gasteiger partial charge in [0.1, 0.15) is 5.82 Å². The number of nitrogens with one attached hydrogen (secondary N) is 1. The molecule has 1 saturated heterocycles. The zero-order valence-electron chi connectivity index (χ0n) is 18.8. The van der Waals surface area contributed by atoms with Gasteiger partial charge in [0.2, 0.25) is 17.6 Å². The molecule has 1 aliphatic rings. The van der Waals surface area contributed by atoms with Crippen LogP contribution in [-0.4, -0.2) is 46.3 Å². The molecule has 1 atom stereocenters. The van der Waals surface area contributed by atoms with E-state index < -0.39 is 0 Å². The molecule has 3 aromatic rings. The Hall–Kier alpha value is -2.71. The van der Waals surface area contributed by atoms with Crippen molar-refractivity contribution in [2.75, 3.05) is 25.4 Å². The first-order valence-corrected chi connectivity index (χ1v) is 12.4. The minimum absolute atomic E-state index is 0.0281. The fraction of sp³-hybridized carbons (Fsp3) is 0.400. The number of carbonyl (C=O) groups excluding carboxylic acids is 1. The van der Waals surface area contributed by atoms with Crippen molar-refractivity contribution in [3.63, 3.8) is 0 Å². The Kier molecular flexibility index (Phi) is 8.12. The highest BCUT2D eigenvalue weighted by Gasteiger charge is 2.26. The normalized spacial score (nSPS) is 16.6. The maximum Gasteiger partial charge on any atom is 0.241 e. The van der Waals surface area contributed by atoms with Crippen LogP contribution in [0, 0.1) is 18.7 Å². The van der Waals surface area contributed by atoms with Crippen molar-refractivity contribution >= 4 is 17.7 Å². The quantitative estimate of drug-likeness (QED) is 0.468. The molecular formula is C25H29FN4O2S. The van der Waals surface area contributed by atoms with Crippen LogP contribution >= 0.6 is 11.8 Å². The van der Waals surface area contributed by atoms with Gasteiger partial charge in [0.15, 0.2) is 0 Å². The van der Waals surface area contributed by atoms with Gasteiger partial charge >= 0.3 is 0 Å². The second-order valence-corrected chi connectivity index (χ2v) is 9.47. The largest absolute Gasteiger partial charge is 0.355 e. The van der Waals surface area contributed by atoms with E-state index in [9.17, 15) is 9.18 Å². The minimum Gasteiger partial charge on any atom is -0.355 e. The van der Waals surface area contributed by atoms with Crippen LogP contribution in [0.1, 0.15) is 29.9 Å². The van der Waals surface area contributed by atoms with Crippen LogP contribution in [0.15, 0.2) is 53.1 Å². The number of likely N-dealkylation sites (tertiary alicyclic amines) is 1. The van der Waals surface area contributed by atoms with E-state index in [2.05, 4.69) is 51.5 Å². The molecular weight excluding hydrogens is 439 g/mol. The fourth-order valence-electron chi connectivity index (χ4n) is 3.98. The zero-order chi connectivity index (χ0) is 23.0. The Morgan fingerprint density at radius 3 is 2.88 bits per heavy atom. The first-order valence-electron chi connectivity index (χ1n) is 11.3. The number of hydrogen-bond acceptors (Lipinski definition) is 6. The van der Waals surface area contributed by atoms with Gasteiger partial charge in [-0.1, -0.05) is 29.4 Å². The predicted molar refractivity (Wildman–Crippen MR) is 128 cm³/mol. The average molecular weight is 469 g/mol. The highest BCUT2D eigenvalue weighted by molar-refractivity contribution is 7.98. The molecule has 6 nitrogen and oxygen atoms in total. The lowest BCUT2D eigenvalue weighted by atomic mass is 9.97. The molecule has 0 spiro atoms. The lowest BCUT2D eigenvalue weighted by Gasteiger charge is -2.30. The van der Waals surface area contributed by atoms with Gasteiger partial charge in [-0.05, 0) is 61.7 Å². The van der Waals surface area contributed by atoms with Gasteiger partial charge < -0.3 is 9.84 Å². The van der Waals surface area contributed by atoms with E-state index in [1.165, 1.54) is 23.3 Å². The monoisotopic (exact) mass is 468 g/mol. The molecule has 1 unspecified atom stereocenters. The van der Waals surface area contributed by atoms with E-state index in [4.69, 9.17) is 4.52 Å². The van der Waals surface area contributed by atoms with Crippen molar-refractivity contribution in [2.45, 2.75) is 32.1 Å². The average Bonchev–Trinajstić information content (AvgIpc) is 3.29. The molecule has 8 heteroatoms. The molecule has 174 valence electrons. The van der Waals surface area contributed by atoms with Gasteiger partial charge in [0.05, 0.1) is 12.5 Å². The van der Waals surface area contributed by atoms with Crippen molar-refractivity contribution in [3.05, 3.63) is 71.4 Å². The third-order valence-corrected chi connectivity index (χ3v) is 6.88. The van der Waals surface area contributed by atoms with Crippen LogP contribution < -0.4 is 5.32 Å². The van der Waals surface area contributed by atoms with Crippen LogP contribution in [-0.2, 0) is 17.1 Å². The highest BCUT2D eigenvalue weighted by Crippen LogP contribution is 2.21.